The van der Waals surface area contributed by atoms with Gasteiger partial charge in [-0.25, -0.2) is 9.79 Å². The molecule has 38 heavy (non-hydrogen) atoms. The number of hydrogen-bond donors (Lipinski definition) is 0. The van der Waals surface area contributed by atoms with Crippen molar-refractivity contribution in [2.75, 3.05) is 20.5 Å². The minimum absolute atomic E-state index is 0.0548. The van der Waals surface area contributed by atoms with E-state index in [1.807, 2.05) is 38.1 Å². The average Bonchev–Trinajstić information content (AvgIpc) is 3.47. The lowest BCUT2D eigenvalue weighted by atomic mass is 9.95. The second kappa shape index (κ2) is 10.4. The van der Waals surface area contributed by atoms with Gasteiger partial charge in [0.05, 0.1) is 41.7 Å². The number of nitrogens with zero attached hydrogens (tertiary/aromatic N) is 2. The molecule has 0 saturated carbocycles. The first kappa shape index (κ1) is 25.6. The first-order valence-electron chi connectivity index (χ1n) is 12.2. The number of ether oxygens (including phenoxy) is 5. The van der Waals surface area contributed by atoms with Crippen molar-refractivity contribution in [2.24, 2.45) is 4.99 Å². The predicted octanol–water partition coefficient (Wildman–Crippen LogP) is 3.32. The number of fused-ring (bicyclic) bond motifs is 2. The number of aromatic nitrogens is 1. The van der Waals surface area contributed by atoms with Gasteiger partial charge in [-0.15, -0.1) is 0 Å². The summed E-state index contributed by atoms with van der Waals surface area (Å²) in [6.45, 7) is 7.71. The molecule has 0 aliphatic carbocycles. The van der Waals surface area contributed by atoms with Crippen LogP contribution in [-0.2, 0) is 9.53 Å². The molecule has 1 aromatic heterocycles. The smallest absolute Gasteiger partial charge is 0.338 e. The Morgan fingerprint density at radius 1 is 1.18 bits per heavy atom. The molecule has 10 heteroatoms. The Morgan fingerprint density at radius 2 is 1.97 bits per heavy atom. The fourth-order valence-corrected chi connectivity index (χ4v) is 5.51. The summed E-state index contributed by atoms with van der Waals surface area (Å²) in [5.74, 6) is 1.83. The van der Waals surface area contributed by atoms with Crippen molar-refractivity contribution in [3.63, 3.8) is 0 Å². The first-order valence-corrected chi connectivity index (χ1v) is 13.1. The van der Waals surface area contributed by atoms with E-state index < -0.39 is 12.0 Å². The van der Waals surface area contributed by atoms with E-state index in [9.17, 15) is 9.59 Å². The van der Waals surface area contributed by atoms with Crippen LogP contribution in [0.4, 0.5) is 0 Å². The molecule has 0 N–H and O–H groups in total. The number of carbonyl (C=O) groups is 1. The van der Waals surface area contributed by atoms with Crippen molar-refractivity contribution in [1.29, 1.82) is 0 Å². The molecular weight excluding hydrogens is 508 g/mol. The van der Waals surface area contributed by atoms with Crippen molar-refractivity contribution in [3.8, 4) is 23.0 Å². The summed E-state index contributed by atoms with van der Waals surface area (Å²) in [4.78, 5) is 32.1. The third kappa shape index (κ3) is 4.67. The Hall–Kier alpha value is -4.05. The summed E-state index contributed by atoms with van der Waals surface area (Å²) in [5.41, 5.74) is 1.98. The van der Waals surface area contributed by atoms with Crippen molar-refractivity contribution >= 4 is 23.4 Å². The topological polar surface area (TPSA) is 97.6 Å². The molecule has 0 spiro atoms. The van der Waals surface area contributed by atoms with Crippen LogP contribution < -0.4 is 33.8 Å². The van der Waals surface area contributed by atoms with E-state index >= 15 is 0 Å². The lowest BCUT2D eigenvalue weighted by Gasteiger charge is -2.25. The van der Waals surface area contributed by atoms with E-state index in [-0.39, 0.29) is 25.1 Å². The van der Waals surface area contributed by atoms with Crippen molar-refractivity contribution in [2.45, 2.75) is 39.8 Å². The highest BCUT2D eigenvalue weighted by molar-refractivity contribution is 7.07. The van der Waals surface area contributed by atoms with Gasteiger partial charge in [-0.2, -0.15) is 0 Å². The Labute approximate surface area is 223 Å². The summed E-state index contributed by atoms with van der Waals surface area (Å²) in [6.07, 6.45) is 1.73. The molecule has 2 aliphatic heterocycles. The largest absolute Gasteiger partial charge is 0.493 e. The second-order valence-electron chi connectivity index (χ2n) is 8.99. The fraction of sp³-hybridized carbons (Fsp3) is 0.321. The van der Waals surface area contributed by atoms with Gasteiger partial charge >= 0.3 is 5.97 Å². The molecule has 0 amide bonds. The number of esters is 1. The maximum Gasteiger partial charge on any atom is 0.338 e. The highest BCUT2D eigenvalue weighted by Gasteiger charge is 2.34. The maximum atomic E-state index is 13.8. The van der Waals surface area contributed by atoms with Crippen molar-refractivity contribution < 1.29 is 28.5 Å². The summed E-state index contributed by atoms with van der Waals surface area (Å²) >= 11 is 1.25. The Balaban J connectivity index is 1.68. The minimum Gasteiger partial charge on any atom is -0.493 e. The van der Waals surface area contributed by atoms with Crippen molar-refractivity contribution in [3.05, 3.63) is 78.5 Å². The molecule has 0 radical (unpaired) electrons. The fourth-order valence-electron chi connectivity index (χ4n) is 4.47. The van der Waals surface area contributed by atoms with Crippen LogP contribution in [0.3, 0.4) is 0 Å². The molecule has 2 aliphatic rings. The van der Waals surface area contributed by atoms with Crippen LogP contribution in [-0.4, -0.2) is 37.1 Å². The van der Waals surface area contributed by atoms with Gasteiger partial charge in [-0.3, -0.25) is 9.36 Å². The lowest BCUT2D eigenvalue weighted by molar-refractivity contribution is -0.139. The monoisotopic (exact) mass is 536 g/mol. The van der Waals surface area contributed by atoms with Crippen LogP contribution in [0.5, 0.6) is 23.0 Å². The van der Waals surface area contributed by atoms with Crippen LogP contribution >= 0.6 is 11.3 Å². The molecular formula is C28H28N2O7S. The maximum absolute atomic E-state index is 13.8. The molecule has 3 heterocycles. The predicted molar refractivity (Wildman–Crippen MR) is 142 cm³/mol. The van der Waals surface area contributed by atoms with Crippen LogP contribution in [0.1, 0.15) is 44.9 Å². The average molecular weight is 537 g/mol. The van der Waals surface area contributed by atoms with Crippen LogP contribution in [0.15, 0.2) is 57.5 Å². The van der Waals surface area contributed by atoms with E-state index in [0.29, 0.717) is 49.2 Å². The SMILES string of the molecule is CCOC(=O)C1=C(C)N=c2sc(=Cc3ccc4c(c3)OCO4)c(=O)n2C1c1ccc(OC(C)C)c(OC)c1. The molecule has 198 valence electrons. The number of methoxy groups -OCH3 is 1. The van der Waals surface area contributed by atoms with Gasteiger partial charge in [0.25, 0.3) is 5.56 Å². The minimum atomic E-state index is -0.758. The number of thiazole rings is 1. The quantitative estimate of drug-likeness (QED) is 0.428. The van der Waals surface area contributed by atoms with Gasteiger partial charge < -0.3 is 23.7 Å². The van der Waals surface area contributed by atoms with E-state index in [2.05, 4.69) is 4.99 Å². The second-order valence-corrected chi connectivity index (χ2v) is 10.0. The van der Waals surface area contributed by atoms with E-state index in [1.165, 1.54) is 11.3 Å². The van der Waals surface area contributed by atoms with Crippen LogP contribution in [0.2, 0.25) is 0 Å². The van der Waals surface area contributed by atoms with E-state index in [0.717, 1.165) is 5.56 Å². The van der Waals surface area contributed by atoms with Gasteiger partial charge in [0, 0.05) is 0 Å². The number of allylic oxidation sites excluding steroid dienone is 1. The Morgan fingerprint density at radius 3 is 2.71 bits per heavy atom. The van der Waals surface area contributed by atoms with Gasteiger partial charge in [0.15, 0.2) is 27.8 Å². The zero-order valence-electron chi connectivity index (χ0n) is 21.8. The highest BCUT2D eigenvalue weighted by Crippen LogP contribution is 2.37. The summed E-state index contributed by atoms with van der Waals surface area (Å²) in [5, 5.41) is 0. The molecule has 0 bridgehead atoms. The van der Waals surface area contributed by atoms with Crippen LogP contribution in [0.25, 0.3) is 6.08 Å². The normalized spacial score (nSPS) is 16.4. The Bertz CT molecular complexity index is 1620. The zero-order chi connectivity index (χ0) is 27.0. The summed E-state index contributed by atoms with van der Waals surface area (Å²) in [7, 11) is 1.55. The third-order valence-electron chi connectivity index (χ3n) is 6.08. The van der Waals surface area contributed by atoms with E-state index in [1.54, 1.807) is 43.7 Å². The number of benzene rings is 2. The molecule has 1 atom stereocenters. The van der Waals surface area contributed by atoms with Gasteiger partial charge in [-0.1, -0.05) is 23.5 Å². The molecule has 0 saturated heterocycles. The highest BCUT2D eigenvalue weighted by atomic mass is 32.1. The van der Waals surface area contributed by atoms with Crippen molar-refractivity contribution in [1.82, 2.24) is 4.57 Å². The van der Waals surface area contributed by atoms with Gasteiger partial charge in [0.2, 0.25) is 6.79 Å². The molecule has 0 fully saturated rings. The molecule has 1 unspecified atom stereocenters. The number of carbonyl (C=O) groups excluding carboxylic acids is 1. The summed E-state index contributed by atoms with van der Waals surface area (Å²) in [6, 6.07) is 10.1. The van der Waals surface area contributed by atoms with Gasteiger partial charge in [0.1, 0.15) is 0 Å². The standard InChI is InChI=1S/C28H28N2O7S/c1-6-34-27(32)24-16(4)29-28-30(25(24)18-8-10-20(37-15(2)3)21(13-18)33-5)26(31)23(38-28)12-17-7-9-19-22(11-17)36-14-35-19/h7-13,15,25H,6,14H2,1-5H3. The lowest BCUT2D eigenvalue weighted by Crippen LogP contribution is -2.40. The Kier molecular flexibility index (Phi) is 6.98. The molecule has 9 nitrogen and oxygen atoms in total. The number of rotatable bonds is 7. The third-order valence-corrected chi connectivity index (χ3v) is 7.06. The first-order chi connectivity index (χ1) is 18.3. The van der Waals surface area contributed by atoms with Gasteiger partial charge in [-0.05, 0) is 69.2 Å². The number of hydrogen-bond acceptors (Lipinski definition) is 9. The summed E-state index contributed by atoms with van der Waals surface area (Å²) < 4.78 is 29.7. The molecule has 2 aromatic carbocycles. The molecule has 3 aromatic rings. The van der Waals surface area contributed by atoms with E-state index in [4.69, 9.17) is 23.7 Å². The van der Waals surface area contributed by atoms with Crippen LogP contribution in [0, 0.1) is 0 Å². The molecule has 5 rings (SSSR count). The zero-order valence-corrected chi connectivity index (χ0v) is 22.6.